The molecule has 0 atom stereocenters. The van der Waals surface area contributed by atoms with Gasteiger partial charge in [-0.3, -0.25) is 19.9 Å². The summed E-state index contributed by atoms with van der Waals surface area (Å²) in [6.45, 7) is 11.9. The summed E-state index contributed by atoms with van der Waals surface area (Å²) in [5.74, 6) is 0.234. The normalized spacial score (nSPS) is 11.1. The SMILES string of the molecule is Cc1nc(C)c(COC(=O)/C=C/c2cccc(OCc3nc(C)c(C)nc3C)c2)nc1C. The van der Waals surface area contributed by atoms with Crippen LogP contribution in [0.15, 0.2) is 30.3 Å². The molecular weight excluding hydrogens is 404 g/mol. The van der Waals surface area contributed by atoms with Gasteiger partial charge in [-0.25, -0.2) is 4.79 Å². The van der Waals surface area contributed by atoms with Gasteiger partial charge in [-0.15, -0.1) is 0 Å². The van der Waals surface area contributed by atoms with Crippen molar-refractivity contribution in [1.82, 2.24) is 19.9 Å². The maximum Gasteiger partial charge on any atom is 0.331 e. The minimum atomic E-state index is -0.447. The quantitative estimate of drug-likeness (QED) is 0.402. The van der Waals surface area contributed by atoms with Gasteiger partial charge < -0.3 is 9.47 Å². The number of ether oxygens (including phenoxy) is 2. The van der Waals surface area contributed by atoms with Gasteiger partial charge in [0.1, 0.15) is 19.0 Å². The fraction of sp³-hybridized carbons (Fsp3) is 0.320. The first-order valence-corrected chi connectivity index (χ1v) is 10.4. The van der Waals surface area contributed by atoms with Crippen molar-refractivity contribution in [3.8, 4) is 5.75 Å². The molecule has 3 aromatic rings. The zero-order valence-electron chi connectivity index (χ0n) is 19.4. The highest BCUT2D eigenvalue weighted by atomic mass is 16.5. The fourth-order valence-electron chi connectivity index (χ4n) is 3.01. The Labute approximate surface area is 188 Å². The van der Waals surface area contributed by atoms with E-state index in [1.807, 2.05) is 65.8 Å². The van der Waals surface area contributed by atoms with Crippen LogP contribution in [-0.4, -0.2) is 25.9 Å². The molecule has 7 heteroatoms. The Bertz CT molecular complexity index is 1170. The Morgan fingerprint density at radius 2 is 1.34 bits per heavy atom. The topological polar surface area (TPSA) is 87.1 Å². The zero-order valence-corrected chi connectivity index (χ0v) is 19.4. The third-order valence-electron chi connectivity index (χ3n) is 5.16. The van der Waals surface area contributed by atoms with E-state index in [2.05, 4.69) is 19.9 Å². The largest absolute Gasteiger partial charge is 0.487 e. The number of nitrogens with zero attached hydrogens (tertiary/aromatic N) is 4. The first-order valence-electron chi connectivity index (χ1n) is 10.4. The van der Waals surface area contributed by atoms with Crippen molar-refractivity contribution in [2.75, 3.05) is 0 Å². The molecule has 32 heavy (non-hydrogen) atoms. The van der Waals surface area contributed by atoms with Crippen LogP contribution in [0.1, 0.15) is 51.1 Å². The first kappa shape index (κ1) is 23.1. The van der Waals surface area contributed by atoms with Crippen LogP contribution < -0.4 is 4.74 Å². The lowest BCUT2D eigenvalue weighted by atomic mass is 10.2. The number of carbonyl (C=O) groups is 1. The lowest BCUT2D eigenvalue weighted by Crippen LogP contribution is -2.07. The molecule has 7 nitrogen and oxygen atoms in total. The minimum absolute atomic E-state index is 0.0859. The van der Waals surface area contributed by atoms with E-state index >= 15 is 0 Å². The van der Waals surface area contributed by atoms with Crippen molar-refractivity contribution in [1.29, 1.82) is 0 Å². The summed E-state index contributed by atoms with van der Waals surface area (Å²) < 4.78 is 11.2. The van der Waals surface area contributed by atoms with Crippen LogP contribution in [0.4, 0.5) is 0 Å². The number of carbonyl (C=O) groups excluding carboxylic acids is 1. The maximum atomic E-state index is 12.1. The summed E-state index contributed by atoms with van der Waals surface area (Å²) in [5, 5.41) is 0. The lowest BCUT2D eigenvalue weighted by Gasteiger charge is -2.10. The Hall–Kier alpha value is -3.61. The van der Waals surface area contributed by atoms with E-state index in [-0.39, 0.29) is 6.61 Å². The minimum Gasteiger partial charge on any atom is -0.487 e. The molecule has 0 amide bonds. The number of rotatable bonds is 7. The summed E-state index contributed by atoms with van der Waals surface area (Å²) >= 11 is 0. The van der Waals surface area contributed by atoms with Gasteiger partial charge in [0.2, 0.25) is 0 Å². The molecule has 166 valence electrons. The van der Waals surface area contributed by atoms with Gasteiger partial charge in [0.05, 0.1) is 45.6 Å². The lowest BCUT2D eigenvalue weighted by molar-refractivity contribution is -0.139. The van der Waals surface area contributed by atoms with Crippen molar-refractivity contribution in [2.24, 2.45) is 0 Å². The fourth-order valence-corrected chi connectivity index (χ4v) is 3.01. The van der Waals surface area contributed by atoms with Gasteiger partial charge in [0.15, 0.2) is 0 Å². The molecule has 2 aromatic heterocycles. The third kappa shape index (κ3) is 5.97. The van der Waals surface area contributed by atoms with Gasteiger partial charge >= 0.3 is 5.97 Å². The van der Waals surface area contributed by atoms with Crippen molar-refractivity contribution in [3.63, 3.8) is 0 Å². The highest BCUT2D eigenvalue weighted by Crippen LogP contribution is 2.17. The van der Waals surface area contributed by atoms with Crippen LogP contribution in [0.25, 0.3) is 6.08 Å². The molecule has 0 spiro atoms. The van der Waals surface area contributed by atoms with E-state index in [1.165, 1.54) is 6.08 Å². The van der Waals surface area contributed by atoms with E-state index < -0.39 is 5.97 Å². The van der Waals surface area contributed by atoms with Crippen LogP contribution >= 0.6 is 0 Å². The number of esters is 1. The predicted octanol–water partition coefficient (Wildman–Crippen LogP) is 4.45. The molecule has 0 saturated carbocycles. The van der Waals surface area contributed by atoms with E-state index in [0.29, 0.717) is 18.1 Å². The molecule has 0 fully saturated rings. The molecule has 1 aromatic carbocycles. The van der Waals surface area contributed by atoms with Crippen LogP contribution in [0.2, 0.25) is 0 Å². The molecule has 2 heterocycles. The Morgan fingerprint density at radius 3 is 1.97 bits per heavy atom. The second kappa shape index (κ2) is 10.1. The molecule has 0 aliphatic carbocycles. The third-order valence-corrected chi connectivity index (χ3v) is 5.16. The van der Waals surface area contributed by atoms with E-state index in [9.17, 15) is 4.79 Å². The highest BCUT2D eigenvalue weighted by molar-refractivity contribution is 5.87. The molecule has 0 bridgehead atoms. The monoisotopic (exact) mass is 432 g/mol. The predicted molar refractivity (Wildman–Crippen MR) is 122 cm³/mol. The summed E-state index contributed by atoms with van der Waals surface area (Å²) in [6.07, 6.45) is 3.08. The van der Waals surface area contributed by atoms with Gasteiger partial charge in [0.25, 0.3) is 0 Å². The summed E-state index contributed by atoms with van der Waals surface area (Å²) in [5.41, 5.74) is 7.43. The van der Waals surface area contributed by atoms with Crippen LogP contribution in [0, 0.1) is 41.5 Å². The second-order valence-electron chi connectivity index (χ2n) is 7.66. The van der Waals surface area contributed by atoms with Crippen LogP contribution in [0.3, 0.4) is 0 Å². The van der Waals surface area contributed by atoms with Gasteiger partial charge in [0, 0.05) is 6.08 Å². The number of benzene rings is 1. The van der Waals surface area contributed by atoms with Crippen molar-refractivity contribution in [3.05, 3.63) is 81.5 Å². The molecule has 0 aliphatic rings. The number of hydrogen-bond acceptors (Lipinski definition) is 7. The Morgan fingerprint density at radius 1 is 0.781 bits per heavy atom. The Balaban J connectivity index is 1.58. The van der Waals surface area contributed by atoms with E-state index in [4.69, 9.17) is 9.47 Å². The summed E-state index contributed by atoms with van der Waals surface area (Å²) in [4.78, 5) is 30.1. The number of aromatic nitrogens is 4. The van der Waals surface area contributed by atoms with Gasteiger partial charge in [-0.05, 0) is 65.3 Å². The summed E-state index contributed by atoms with van der Waals surface area (Å²) in [6, 6.07) is 7.47. The van der Waals surface area contributed by atoms with Crippen molar-refractivity contribution in [2.45, 2.75) is 54.8 Å². The van der Waals surface area contributed by atoms with Gasteiger partial charge in [-0.2, -0.15) is 0 Å². The van der Waals surface area contributed by atoms with E-state index in [1.54, 1.807) is 6.08 Å². The smallest absolute Gasteiger partial charge is 0.331 e. The second-order valence-corrected chi connectivity index (χ2v) is 7.66. The maximum absolute atomic E-state index is 12.1. The average molecular weight is 433 g/mol. The molecule has 0 radical (unpaired) electrons. The average Bonchev–Trinajstić information content (AvgIpc) is 2.76. The van der Waals surface area contributed by atoms with Crippen LogP contribution in [-0.2, 0) is 22.7 Å². The number of aryl methyl sites for hydroxylation is 6. The molecule has 0 aliphatic heterocycles. The summed E-state index contributed by atoms with van der Waals surface area (Å²) in [7, 11) is 0. The van der Waals surface area contributed by atoms with Crippen molar-refractivity contribution < 1.29 is 14.3 Å². The molecular formula is C25H28N4O3. The van der Waals surface area contributed by atoms with Gasteiger partial charge in [-0.1, -0.05) is 12.1 Å². The molecule has 0 N–H and O–H groups in total. The zero-order chi connectivity index (χ0) is 23.3. The molecule has 0 unspecified atom stereocenters. The first-order chi connectivity index (χ1) is 15.2. The molecule has 3 rings (SSSR count). The Kier molecular flexibility index (Phi) is 7.30. The highest BCUT2D eigenvalue weighted by Gasteiger charge is 2.08. The van der Waals surface area contributed by atoms with E-state index in [0.717, 1.165) is 45.4 Å². The van der Waals surface area contributed by atoms with Crippen LogP contribution in [0.5, 0.6) is 5.75 Å². The number of hydrogen-bond donors (Lipinski definition) is 0. The van der Waals surface area contributed by atoms with Crippen molar-refractivity contribution >= 4 is 12.0 Å². The standard InChI is InChI=1S/C25H28N4O3/c1-15-17(3)28-23(19(5)26-15)13-31-22-9-7-8-21(12-22)10-11-25(30)32-14-24-20(6)27-16(2)18(4)29-24/h7-12H,13-14H2,1-6H3/b11-10+. The molecule has 0 saturated heterocycles.